The molecule has 0 heterocycles. The first-order chi connectivity index (χ1) is 11.5. The maximum absolute atomic E-state index is 12.5. The predicted octanol–water partition coefficient (Wildman–Crippen LogP) is 6.19. The highest BCUT2D eigenvalue weighted by atomic mass is 19.4. The van der Waals surface area contributed by atoms with Crippen molar-refractivity contribution in [3.63, 3.8) is 0 Å². The Hall–Kier alpha value is -1.81. The van der Waals surface area contributed by atoms with E-state index in [0.29, 0.717) is 12.5 Å². The lowest BCUT2D eigenvalue weighted by molar-refractivity contribution is -0.137. The fraction of sp³-hybridized carbons (Fsp3) is 0.400. The maximum Gasteiger partial charge on any atom is 0.416 e. The van der Waals surface area contributed by atoms with E-state index < -0.39 is 11.7 Å². The van der Waals surface area contributed by atoms with Gasteiger partial charge in [0, 0.05) is 0 Å². The minimum absolute atomic E-state index is 0.201. The molecular formula is C20H23F3O. The molecule has 1 fully saturated rings. The first-order valence-corrected chi connectivity index (χ1v) is 8.35. The summed E-state index contributed by atoms with van der Waals surface area (Å²) in [4.78, 5) is 0. The SMILES string of the molecule is CC.FC(F)(F)c1ccc(C2CC(OCc3ccccc3)C2)cc1. The number of rotatable bonds is 4. The Morgan fingerprint density at radius 3 is 2.04 bits per heavy atom. The molecular weight excluding hydrogens is 313 g/mol. The third-order valence-electron chi connectivity index (χ3n) is 4.13. The first kappa shape index (κ1) is 18.5. The van der Waals surface area contributed by atoms with Gasteiger partial charge in [0.05, 0.1) is 18.3 Å². The second-order valence-electron chi connectivity index (χ2n) is 5.71. The molecule has 0 aromatic heterocycles. The molecule has 1 saturated carbocycles. The lowest BCUT2D eigenvalue weighted by Gasteiger charge is -2.35. The van der Waals surface area contributed by atoms with Crippen molar-refractivity contribution in [2.24, 2.45) is 0 Å². The van der Waals surface area contributed by atoms with Gasteiger partial charge in [-0.25, -0.2) is 0 Å². The Labute approximate surface area is 141 Å². The van der Waals surface area contributed by atoms with E-state index in [9.17, 15) is 13.2 Å². The Kier molecular flexibility index (Phi) is 6.44. The summed E-state index contributed by atoms with van der Waals surface area (Å²) in [6, 6.07) is 15.4. The summed E-state index contributed by atoms with van der Waals surface area (Å²) in [7, 11) is 0. The van der Waals surface area contributed by atoms with E-state index in [-0.39, 0.29) is 6.10 Å². The minimum Gasteiger partial charge on any atom is -0.373 e. The summed E-state index contributed by atoms with van der Waals surface area (Å²) in [5.74, 6) is 0.308. The zero-order valence-electron chi connectivity index (χ0n) is 14.0. The van der Waals surface area contributed by atoms with E-state index in [2.05, 4.69) is 0 Å². The second kappa shape index (κ2) is 8.34. The van der Waals surface area contributed by atoms with Crippen LogP contribution in [0.3, 0.4) is 0 Å². The maximum atomic E-state index is 12.5. The molecule has 0 spiro atoms. The zero-order chi connectivity index (χ0) is 17.6. The molecule has 0 saturated heterocycles. The molecule has 0 unspecified atom stereocenters. The van der Waals surface area contributed by atoms with E-state index >= 15 is 0 Å². The summed E-state index contributed by atoms with van der Waals surface area (Å²) in [5.41, 5.74) is 1.51. The molecule has 2 aromatic carbocycles. The number of ether oxygens (including phenoxy) is 1. The predicted molar refractivity (Wildman–Crippen MR) is 89.8 cm³/mol. The highest BCUT2D eigenvalue weighted by Crippen LogP contribution is 2.40. The number of hydrogen-bond donors (Lipinski definition) is 0. The monoisotopic (exact) mass is 336 g/mol. The number of alkyl halides is 3. The van der Waals surface area contributed by atoms with Crippen LogP contribution in [0.25, 0.3) is 0 Å². The van der Waals surface area contributed by atoms with Crippen LogP contribution >= 0.6 is 0 Å². The topological polar surface area (TPSA) is 9.23 Å². The Morgan fingerprint density at radius 2 is 1.50 bits per heavy atom. The van der Waals surface area contributed by atoms with Gasteiger partial charge in [0.15, 0.2) is 0 Å². The summed E-state index contributed by atoms with van der Waals surface area (Å²) in [6.07, 6.45) is -2.32. The zero-order valence-corrected chi connectivity index (χ0v) is 14.0. The second-order valence-corrected chi connectivity index (χ2v) is 5.71. The molecule has 1 aliphatic rings. The Balaban J connectivity index is 0.00000100. The molecule has 2 aromatic rings. The van der Waals surface area contributed by atoms with Crippen LogP contribution in [-0.2, 0) is 17.5 Å². The molecule has 0 N–H and O–H groups in total. The summed E-state index contributed by atoms with van der Waals surface area (Å²) in [6.45, 7) is 4.59. The van der Waals surface area contributed by atoms with Crippen LogP contribution in [-0.4, -0.2) is 6.10 Å². The van der Waals surface area contributed by atoms with Crippen LogP contribution < -0.4 is 0 Å². The average Bonchev–Trinajstić information content (AvgIpc) is 2.56. The molecule has 0 radical (unpaired) electrons. The molecule has 4 heteroatoms. The Bertz CT molecular complexity index is 599. The van der Waals surface area contributed by atoms with Gasteiger partial charge in [-0.1, -0.05) is 56.3 Å². The molecule has 0 aliphatic heterocycles. The largest absolute Gasteiger partial charge is 0.416 e. The van der Waals surface area contributed by atoms with Crippen molar-refractivity contribution in [1.82, 2.24) is 0 Å². The smallest absolute Gasteiger partial charge is 0.373 e. The third kappa shape index (κ3) is 4.84. The standard InChI is InChI=1S/C18H17F3O.C2H6/c19-18(20,21)16-8-6-14(7-9-16)15-10-17(11-15)22-12-13-4-2-1-3-5-13;1-2/h1-9,15,17H,10-12H2;1-2H3. The van der Waals surface area contributed by atoms with Gasteiger partial charge in [-0.2, -0.15) is 13.2 Å². The van der Waals surface area contributed by atoms with Crippen molar-refractivity contribution in [2.75, 3.05) is 0 Å². The molecule has 0 bridgehead atoms. The van der Waals surface area contributed by atoms with Gasteiger partial charge in [-0.05, 0) is 42.0 Å². The number of halogens is 3. The molecule has 130 valence electrons. The van der Waals surface area contributed by atoms with Gasteiger partial charge in [-0.15, -0.1) is 0 Å². The lowest BCUT2D eigenvalue weighted by Crippen LogP contribution is -2.29. The van der Waals surface area contributed by atoms with Crippen molar-refractivity contribution < 1.29 is 17.9 Å². The van der Waals surface area contributed by atoms with Gasteiger partial charge in [-0.3, -0.25) is 0 Å². The van der Waals surface area contributed by atoms with Gasteiger partial charge >= 0.3 is 6.18 Å². The molecule has 1 nitrogen and oxygen atoms in total. The van der Waals surface area contributed by atoms with Crippen molar-refractivity contribution in [3.05, 3.63) is 71.3 Å². The van der Waals surface area contributed by atoms with Crippen molar-refractivity contribution in [3.8, 4) is 0 Å². The van der Waals surface area contributed by atoms with Gasteiger partial charge in [0.1, 0.15) is 0 Å². The van der Waals surface area contributed by atoms with Crippen LogP contribution in [0, 0.1) is 0 Å². The molecule has 3 rings (SSSR count). The fourth-order valence-corrected chi connectivity index (χ4v) is 2.71. The molecule has 0 atom stereocenters. The number of benzene rings is 2. The van der Waals surface area contributed by atoms with Crippen LogP contribution in [0.1, 0.15) is 49.3 Å². The van der Waals surface area contributed by atoms with Crippen molar-refractivity contribution in [1.29, 1.82) is 0 Å². The fourth-order valence-electron chi connectivity index (χ4n) is 2.71. The third-order valence-corrected chi connectivity index (χ3v) is 4.13. The van der Waals surface area contributed by atoms with E-state index in [0.717, 1.165) is 36.1 Å². The van der Waals surface area contributed by atoms with E-state index in [1.807, 2.05) is 44.2 Å². The summed E-state index contributed by atoms with van der Waals surface area (Å²) < 4.78 is 43.4. The molecule has 1 aliphatic carbocycles. The quantitative estimate of drug-likeness (QED) is 0.646. The number of hydrogen-bond acceptors (Lipinski definition) is 1. The Morgan fingerprint density at radius 1 is 0.917 bits per heavy atom. The van der Waals surface area contributed by atoms with Crippen LogP contribution in [0.4, 0.5) is 13.2 Å². The highest BCUT2D eigenvalue weighted by Gasteiger charge is 2.33. The minimum atomic E-state index is -4.26. The molecule has 0 amide bonds. The van der Waals surface area contributed by atoms with Crippen LogP contribution in [0.2, 0.25) is 0 Å². The normalized spacial score (nSPS) is 19.9. The van der Waals surface area contributed by atoms with E-state index in [1.165, 1.54) is 0 Å². The average molecular weight is 336 g/mol. The molecule has 24 heavy (non-hydrogen) atoms. The van der Waals surface area contributed by atoms with Gasteiger partial charge in [0.2, 0.25) is 0 Å². The van der Waals surface area contributed by atoms with Crippen LogP contribution in [0.5, 0.6) is 0 Å². The van der Waals surface area contributed by atoms with Crippen molar-refractivity contribution in [2.45, 2.75) is 51.5 Å². The van der Waals surface area contributed by atoms with E-state index in [4.69, 9.17) is 4.74 Å². The van der Waals surface area contributed by atoms with Gasteiger partial charge < -0.3 is 4.74 Å². The first-order valence-electron chi connectivity index (χ1n) is 8.35. The lowest BCUT2D eigenvalue weighted by atomic mass is 9.77. The summed E-state index contributed by atoms with van der Waals surface area (Å²) >= 11 is 0. The van der Waals surface area contributed by atoms with Crippen LogP contribution in [0.15, 0.2) is 54.6 Å². The van der Waals surface area contributed by atoms with Crippen molar-refractivity contribution >= 4 is 0 Å². The van der Waals surface area contributed by atoms with Gasteiger partial charge in [0.25, 0.3) is 0 Å². The summed E-state index contributed by atoms with van der Waals surface area (Å²) in [5, 5.41) is 0. The van der Waals surface area contributed by atoms with E-state index in [1.54, 1.807) is 12.1 Å². The highest BCUT2D eigenvalue weighted by molar-refractivity contribution is 5.28.